The van der Waals surface area contributed by atoms with E-state index in [0.717, 1.165) is 67.5 Å². The molecule has 0 aliphatic heterocycles. The Morgan fingerprint density at radius 3 is 0.809 bits per heavy atom. The first kappa shape index (κ1) is 54.3. The van der Waals surface area contributed by atoms with Crippen molar-refractivity contribution in [3.05, 3.63) is 110 Å². The molecule has 10 heteroatoms. The molecule has 0 aromatic heterocycles. The zero-order chi connectivity index (χ0) is 49.6. The molecule has 0 saturated carbocycles. The SMILES string of the molecule is CCOCCOc1c2cc(NC(C)=O)cc1Cc1cc(C(C)(C)C)cc(c1OCCOCC)Cc1cc(C(C)(C)C)cc(c1OCCOCC)Cc1cc(C(C)(C)C)cc(c1OCCOCC)C2. The molecule has 0 fully saturated rings. The van der Waals surface area contributed by atoms with Gasteiger partial charge in [0.2, 0.25) is 5.91 Å². The van der Waals surface area contributed by atoms with E-state index in [1.54, 1.807) is 6.92 Å². The van der Waals surface area contributed by atoms with Crippen molar-refractivity contribution >= 4 is 11.6 Å². The first-order valence-corrected chi connectivity index (χ1v) is 25.0. The molecular formula is C58H83NO9. The Balaban J connectivity index is 1.98. The molecule has 0 radical (unpaired) electrons. The molecule has 4 aromatic carbocycles. The summed E-state index contributed by atoms with van der Waals surface area (Å²) in [4.78, 5) is 12.9. The van der Waals surface area contributed by atoms with E-state index >= 15 is 0 Å². The Morgan fingerprint density at radius 2 is 0.618 bits per heavy atom. The van der Waals surface area contributed by atoms with Crippen molar-refractivity contribution < 1.29 is 42.7 Å². The Labute approximate surface area is 409 Å². The van der Waals surface area contributed by atoms with Gasteiger partial charge in [0, 0.05) is 75.8 Å². The van der Waals surface area contributed by atoms with Gasteiger partial charge in [-0.25, -0.2) is 0 Å². The van der Waals surface area contributed by atoms with Crippen molar-refractivity contribution in [2.75, 3.05) is 84.6 Å². The molecule has 374 valence electrons. The topological polar surface area (TPSA) is 103 Å². The van der Waals surface area contributed by atoms with Gasteiger partial charge in [0.05, 0.1) is 26.4 Å². The van der Waals surface area contributed by atoms with E-state index in [0.29, 0.717) is 111 Å². The molecule has 68 heavy (non-hydrogen) atoms. The van der Waals surface area contributed by atoms with Crippen LogP contribution in [0.25, 0.3) is 0 Å². The Kier molecular flexibility index (Phi) is 19.8. The summed E-state index contributed by atoms with van der Waals surface area (Å²) < 4.78 is 51.1. The second-order valence-electron chi connectivity index (χ2n) is 20.8. The molecule has 4 aromatic rings. The molecule has 0 saturated heterocycles. The largest absolute Gasteiger partial charge is 0.491 e. The van der Waals surface area contributed by atoms with Gasteiger partial charge in [-0.05, 0) is 106 Å². The van der Waals surface area contributed by atoms with E-state index in [-0.39, 0.29) is 22.2 Å². The van der Waals surface area contributed by atoms with Crippen LogP contribution in [0.5, 0.6) is 23.0 Å². The molecule has 1 aliphatic carbocycles. The quantitative estimate of drug-likeness (QED) is 0.0721. The van der Waals surface area contributed by atoms with E-state index in [2.05, 4.69) is 116 Å². The smallest absolute Gasteiger partial charge is 0.221 e. The number of carbonyl (C=O) groups is 1. The van der Waals surface area contributed by atoms with Crippen LogP contribution in [0.15, 0.2) is 48.5 Å². The number of hydrogen-bond acceptors (Lipinski definition) is 9. The Bertz CT molecular complexity index is 2150. The molecule has 5 rings (SSSR count). The summed E-state index contributed by atoms with van der Waals surface area (Å²) in [5.74, 6) is 3.07. The lowest BCUT2D eigenvalue weighted by Crippen LogP contribution is -2.18. The van der Waals surface area contributed by atoms with Crippen LogP contribution in [0.1, 0.15) is 158 Å². The Hall–Kier alpha value is -4.61. The van der Waals surface area contributed by atoms with Crippen molar-refractivity contribution in [3.63, 3.8) is 0 Å². The summed E-state index contributed by atoms with van der Waals surface area (Å²) in [7, 11) is 0. The number of hydrogen-bond donors (Lipinski definition) is 1. The van der Waals surface area contributed by atoms with E-state index in [1.165, 1.54) is 16.7 Å². The number of rotatable bonds is 21. The van der Waals surface area contributed by atoms with E-state index in [4.69, 9.17) is 37.9 Å². The van der Waals surface area contributed by atoms with Gasteiger partial charge in [-0.2, -0.15) is 0 Å². The van der Waals surface area contributed by atoms with Crippen molar-refractivity contribution in [3.8, 4) is 23.0 Å². The molecule has 8 bridgehead atoms. The molecule has 1 amide bonds. The van der Waals surface area contributed by atoms with Crippen LogP contribution in [0, 0.1) is 0 Å². The lowest BCUT2D eigenvalue weighted by molar-refractivity contribution is -0.114. The minimum absolute atomic E-state index is 0.155. The third-order valence-corrected chi connectivity index (χ3v) is 12.1. The summed E-state index contributed by atoms with van der Waals surface area (Å²) in [5.41, 5.74) is 11.8. The highest BCUT2D eigenvalue weighted by Gasteiger charge is 2.29. The van der Waals surface area contributed by atoms with Gasteiger partial charge in [0.1, 0.15) is 49.4 Å². The van der Waals surface area contributed by atoms with Gasteiger partial charge in [-0.1, -0.05) is 98.7 Å². The summed E-state index contributed by atoms with van der Waals surface area (Å²) in [6.07, 6.45) is 2.01. The molecule has 10 nitrogen and oxygen atoms in total. The van der Waals surface area contributed by atoms with Crippen molar-refractivity contribution in [1.29, 1.82) is 0 Å². The first-order valence-electron chi connectivity index (χ1n) is 25.0. The van der Waals surface area contributed by atoms with Gasteiger partial charge in [0.15, 0.2) is 0 Å². The fourth-order valence-corrected chi connectivity index (χ4v) is 8.59. The fraction of sp³-hybridized carbons (Fsp3) is 0.569. The van der Waals surface area contributed by atoms with Crippen LogP contribution in [0.2, 0.25) is 0 Å². The number of benzene rings is 4. The molecular weight excluding hydrogens is 855 g/mol. The highest BCUT2D eigenvalue weighted by atomic mass is 16.5. The third-order valence-electron chi connectivity index (χ3n) is 12.1. The summed E-state index contributed by atoms with van der Waals surface area (Å²) in [6.45, 7) is 35.5. The molecule has 1 N–H and O–H groups in total. The van der Waals surface area contributed by atoms with Gasteiger partial charge < -0.3 is 43.2 Å². The maximum atomic E-state index is 12.9. The lowest BCUT2D eigenvalue weighted by Gasteiger charge is -2.28. The molecule has 0 heterocycles. The average molecular weight is 938 g/mol. The highest BCUT2D eigenvalue weighted by molar-refractivity contribution is 5.89. The van der Waals surface area contributed by atoms with Crippen LogP contribution >= 0.6 is 0 Å². The second-order valence-corrected chi connectivity index (χ2v) is 20.8. The van der Waals surface area contributed by atoms with E-state index in [1.807, 2.05) is 27.7 Å². The van der Waals surface area contributed by atoms with Gasteiger partial charge >= 0.3 is 0 Å². The predicted molar refractivity (Wildman–Crippen MR) is 275 cm³/mol. The monoisotopic (exact) mass is 938 g/mol. The minimum atomic E-state index is -0.199. The zero-order valence-electron chi connectivity index (χ0n) is 44.1. The number of fused-ring (bicyclic) bond motifs is 8. The maximum Gasteiger partial charge on any atom is 0.221 e. The van der Waals surface area contributed by atoms with Crippen LogP contribution < -0.4 is 24.3 Å². The normalized spacial score (nSPS) is 13.0. The van der Waals surface area contributed by atoms with Gasteiger partial charge in [-0.15, -0.1) is 0 Å². The van der Waals surface area contributed by atoms with Crippen LogP contribution in [-0.2, 0) is 65.7 Å². The molecule has 1 aliphatic rings. The van der Waals surface area contributed by atoms with Crippen molar-refractivity contribution in [2.24, 2.45) is 0 Å². The minimum Gasteiger partial charge on any atom is -0.491 e. The maximum absolute atomic E-state index is 12.9. The zero-order valence-corrected chi connectivity index (χ0v) is 44.1. The average Bonchev–Trinajstić information content (AvgIpc) is 3.25. The molecule has 0 unspecified atom stereocenters. The van der Waals surface area contributed by atoms with Crippen molar-refractivity contribution in [1.82, 2.24) is 0 Å². The van der Waals surface area contributed by atoms with E-state index < -0.39 is 0 Å². The van der Waals surface area contributed by atoms with Crippen molar-refractivity contribution in [2.45, 2.75) is 139 Å². The summed E-state index contributed by atoms with van der Waals surface area (Å²) in [5, 5.41) is 3.14. The number of ether oxygens (including phenoxy) is 8. The number of carbonyl (C=O) groups excluding carboxylic acids is 1. The second kappa shape index (κ2) is 24.8. The van der Waals surface area contributed by atoms with Crippen LogP contribution in [-0.4, -0.2) is 85.2 Å². The first-order chi connectivity index (χ1) is 32.3. The number of nitrogens with one attached hydrogen (secondary N) is 1. The van der Waals surface area contributed by atoms with Crippen LogP contribution in [0.3, 0.4) is 0 Å². The number of amides is 1. The lowest BCUT2D eigenvalue weighted by atomic mass is 9.80. The third kappa shape index (κ3) is 15.2. The standard InChI is InChI=1S/C58H83NO9/c1-15-61-19-23-65-52-40-27-42-33-49(57(9,10)11)35-44(53(42)66-24-20-62-16-2)29-46-37-51(59-39(5)60)38-47(55(46)68-26-22-64-18-4)30-45-36-50(58(12,13)14)34-43(54(45)67-25-21-63-17-3)28-41(52)32-48(31-40)56(6,7)8/h31-38H,15-30H2,1-14H3,(H,59,60). The predicted octanol–water partition coefficient (Wildman–Crippen LogP) is 11.9. The number of anilines is 1. The highest BCUT2D eigenvalue weighted by Crippen LogP contribution is 2.44. The molecule has 0 atom stereocenters. The van der Waals surface area contributed by atoms with Crippen LogP contribution in [0.4, 0.5) is 5.69 Å². The van der Waals surface area contributed by atoms with Gasteiger partial charge in [-0.3, -0.25) is 4.79 Å². The van der Waals surface area contributed by atoms with E-state index in [9.17, 15) is 4.79 Å². The Morgan fingerprint density at radius 1 is 0.397 bits per heavy atom. The summed E-state index contributed by atoms with van der Waals surface area (Å²) in [6, 6.07) is 18.0. The fourth-order valence-electron chi connectivity index (χ4n) is 8.59. The van der Waals surface area contributed by atoms with Gasteiger partial charge in [0.25, 0.3) is 0 Å². The molecule has 0 spiro atoms. The summed E-state index contributed by atoms with van der Waals surface area (Å²) >= 11 is 0.